The molecule has 0 saturated heterocycles. The number of hydrogen-bond acceptors (Lipinski definition) is 5. The minimum absolute atomic E-state index is 0.00114. The Morgan fingerprint density at radius 1 is 1.20 bits per heavy atom. The minimum atomic E-state index is -4.86. The standard InChI is InChI=1S/C20H18F3N3O3S/c1-12(2)30-19-24-16-11-14(29-20(21,22)23)8-9-15(16)18(28)26(19)25-17(27)10-13-6-4-3-5-7-13/h3-9,11-12H,10H2,1-2H3,(H,25,27). The molecule has 0 saturated carbocycles. The monoisotopic (exact) mass is 437 g/mol. The van der Waals surface area contributed by atoms with Crippen molar-refractivity contribution < 1.29 is 22.7 Å². The third kappa shape index (κ3) is 5.53. The molecule has 3 aromatic rings. The van der Waals surface area contributed by atoms with Gasteiger partial charge in [0.15, 0.2) is 5.16 Å². The highest BCUT2D eigenvalue weighted by molar-refractivity contribution is 7.99. The number of carbonyl (C=O) groups is 1. The molecule has 158 valence electrons. The van der Waals surface area contributed by atoms with Crippen molar-refractivity contribution in [1.29, 1.82) is 0 Å². The number of aromatic nitrogens is 2. The first-order chi connectivity index (χ1) is 14.1. The Kier molecular flexibility index (Phi) is 6.35. The van der Waals surface area contributed by atoms with Gasteiger partial charge in [0.05, 0.1) is 17.3 Å². The van der Waals surface area contributed by atoms with Crippen molar-refractivity contribution in [2.24, 2.45) is 0 Å². The van der Waals surface area contributed by atoms with E-state index < -0.39 is 23.6 Å². The van der Waals surface area contributed by atoms with Gasteiger partial charge in [0, 0.05) is 11.3 Å². The lowest BCUT2D eigenvalue weighted by Gasteiger charge is -2.16. The fraction of sp³-hybridized carbons (Fsp3) is 0.250. The summed E-state index contributed by atoms with van der Waals surface area (Å²) in [6.45, 7) is 3.72. The summed E-state index contributed by atoms with van der Waals surface area (Å²) in [7, 11) is 0. The highest BCUT2D eigenvalue weighted by Gasteiger charge is 2.31. The molecule has 1 amide bonds. The maximum absolute atomic E-state index is 12.9. The van der Waals surface area contributed by atoms with Crippen LogP contribution >= 0.6 is 11.8 Å². The summed E-state index contributed by atoms with van der Waals surface area (Å²) < 4.78 is 42.4. The molecule has 0 aliphatic rings. The summed E-state index contributed by atoms with van der Waals surface area (Å²) in [4.78, 5) is 29.7. The van der Waals surface area contributed by atoms with Gasteiger partial charge in [-0.2, -0.15) is 4.68 Å². The molecule has 30 heavy (non-hydrogen) atoms. The molecule has 6 nitrogen and oxygen atoms in total. The molecule has 0 aliphatic heterocycles. The zero-order valence-electron chi connectivity index (χ0n) is 16.1. The Morgan fingerprint density at radius 2 is 1.90 bits per heavy atom. The van der Waals surface area contributed by atoms with E-state index in [1.165, 1.54) is 17.8 Å². The summed E-state index contributed by atoms with van der Waals surface area (Å²) >= 11 is 1.20. The van der Waals surface area contributed by atoms with Crippen LogP contribution < -0.4 is 15.7 Å². The first-order valence-corrected chi connectivity index (χ1v) is 9.83. The molecule has 1 N–H and O–H groups in total. The molecule has 1 aromatic heterocycles. The van der Waals surface area contributed by atoms with Gasteiger partial charge in [-0.25, -0.2) is 4.98 Å². The van der Waals surface area contributed by atoms with Gasteiger partial charge in [-0.05, 0) is 17.7 Å². The van der Waals surface area contributed by atoms with Crippen molar-refractivity contribution >= 4 is 28.6 Å². The van der Waals surface area contributed by atoms with Crippen molar-refractivity contribution in [2.45, 2.75) is 37.0 Å². The van der Waals surface area contributed by atoms with E-state index in [9.17, 15) is 22.8 Å². The van der Waals surface area contributed by atoms with E-state index in [0.717, 1.165) is 22.4 Å². The van der Waals surface area contributed by atoms with Gasteiger partial charge < -0.3 is 4.74 Å². The molecule has 0 radical (unpaired) electrons. The summed E-state index contributed by atoms with van der Waals surface area (Å²) in [5.41, 5.74) is 2.76. The molecule has 0 bridgehead atoms. The first kappa shape index (κ1) is 21.7. The number of halogens is 3. The van der Waals surface area contributed by atoms with Crippen molar-refractivity contribution in [3.05, 3.63) is 64.4 Å². The second kappa shape index (κ2) is 8.78. The molecule has 1 heterocycles. The number of thioether (sulfide) groups is 1. The van der Waals surface area contributed by atoms with Crippen LogP contribution in [0.1, 0.15) is 19.4 Å². The number of amides is 1. The van der Waals surface area contributed by atoms with E-state index in [2.05, 4.69) is 15.1 Å². The number of nitrogens with zero attached hydrogens (tertiary/aromatic N) is 2. The number of benzene rings is 2. The molecule has 0 unspecified atom stereocenters. The van der Waals surface area contributed by atoms with Crippen LogP contribution in [0.25, 0.3) is 10.9 Å². The van der Waals surface area contributed by atoms with E-state index in [-0.39, 0.29) is 27.7 Å². The van der Waals surface area contributed by atoms with E-state index in [4.69, 9.17) is 0 Å². The topological polar surface area (TPSA) is 73.2 Å². The predicted octanol–water partition coefficient (Wildman–Crippen LogP) is 4.11. The highest BCUT2D eigenvalue weighted by atomic mass is 32.2. The lowest BCUT2D eigenvalue weighted by atomic mass is 10.1. The van der Waals surface area contributed by atoms with Gasteiger partial charge in [-0.1, -0.05) is 55.9 Å². The highest BCUT2D eigenvalue weighted by Crippen LogP contribution is 2.27. The van der Waals surface area contributed by atoms with Crippen molar-refractivity contribution in [1.82, 2.24) is 9.66 Å². The van der Waals surface area contributed by atoms with Crippen LogP contribution in [0.4, 0.5) is 13.2 Å². The number of rotatable bonds is 6. The van der Waals surface area contributed by atoms with Gasteiger partial charge in [0.25, 0.3) is 5.56 Å². The third-order valence-corrected chi connectivity index (χ3v) is 4.78. The summed E-state index contributed by atoms with van der Waals surface area (Å²) in [5, 5.41) is 0.215. The number of nitrogens with one attached hydrogen (secondary N) is 1. The number of hydrogen-bond donors (Lipinski definition) is 1. The van der Waals surface area contributed by atoms with Gasteiger partial charge in [-0.3, -0.25) is 15.0 Å². The van der Waals surface area contributed by atoms with Gasteiger partial charge >= 0.3 is 6.36 Å². The SMILES string of the molecule is CC(C)Sc1nc2cc(OC(F)(F)F)ccc2c(=O)n1NC(=O)Cc1ccccc1. The van der Waals surface area contributed by atoms with Crippen LogP contribution in [0, 0.1) is 0 Å². The smallest absolute Gasteiger partial charge is 0.406 e. The average Bonchev–Trinajstić information content (AvgIpc) is 2.64. The maximum Gasteiger partial charge on any atom is 0.573 e. The molecule has 0 spiro atoms. The van der Waals surface area contributed by atoms with Crippen molar-refractivity contribution in [2.75, 3.05) is 5.43 Å². The zero-order chi connectivity index (χ0) is 21.9. The number of ether oxygens (including phenoxy) is 1. The van der Waals surface area contributed by atoms with Crippen molar-refractivity contribution in [3.8, 4) is 5.75 Å². The summed E-state index contributed by atoms with van der Waals surface area (Å²) in [6, 6.07) is 12.3. The minimum Gasteiger partial charge on any atom is -0.406 e. The molecular weight excluding hydrogens is 419 g/mol. The second-order valence-corrected chi connectivity index (χ2v) is 8.17. The Morgan fingerprint density at radius 3 is 2.53 bits per heavy atom. The zero-order valence-corrected chi connectivity index (χ0v) is 16.9. The van der Waals surface area contributed by atoms with E-state index in [1.807, 2.05) is 19.9 Å². The largest absolute Gasteiger partial charge is 0.573 e. The van der Waals surface area contributed by atoms with Crippen LogP contribution in [-0.4, -0.2) is 27.2 Å². The quantitative estimate of drug-likeness (QED) is 0.464. The fourth-order valence-corrected chi connectivity index (χ4v) is 3.48. The normalized spacial score (nSPS) is 11.7. The van der Waals surface area contributed by atoms with Crippen LogP contribution in [0.3, 0.4) is 0 Å². The van der Waals surface area contributed by atoms with Crippen molar-refractivity contribution in [3.63, 3.8) is 0 Å². The lowest BCUT2D eigenvalue weighted by molar-refractivity contribution is -0.274. The Hall–Kier alpha value is -3.01. The molecule has 3 rings (SSSR count). The van der Waals surface area contributed by atoms with Crippen LogP contribution in [-0.2, 0) is 11.2 Å². The fourth-order valence-electron chi connectivity index (χ4n) is 2.68. The van der Waals surface area contributed by atoms with E-state index >= 15 is 0 Å². The molecule has 2 aromatic carbocycles. The van der Waals surface area contributed by atoms with Crippen LogP contribution in [0.2, 0.25) is 0 Å². The Bertz CT molecular complexity index is 1120. The first-order valence-electron chi connectivity index (χ1n) is 8.95. The molecule has 0 atom stereocenters. The Labute approximate surface area is 174 Å². The number of alkyl halides is 3. The lowest BCUT2D eigenvalue weighted by Crippen LogP contribution is -2.36. The summed E-state index contributed by atoms with van der Waals surface area (Å²) in [5.74, 6) is -0.902. The average molecular weight is 437 g/mol. The van der Waals surface area contributed by atoms with E-state index in [0.29, 0.717) is 0 Å². The molecule has 10 heteroatoms. The molecule has 0 fully saturated rings. The Balaban J connectivity index is 1.99. The summed E-state index contributed by atoms with van der Waals surface area (Å²) in [6.07, 6.45) is -4.81. The second-order valence-electron chi connectivity index (χ2n) is 6.63. The maximum atomic E-state index is 12.9. The predicted molar refractivity (Wildman–Crippen MR) is 108 cm³/mol. The van der Waals surface area contributed by atoms with E-state index in [1.54, 1.807) is 24.3 Å². The van der Waals surface area contributed by atoms with Crippen LogP contribution in [0.5, 0.6) is 5.75 Å². The van der Waals surface area contributed by atoms with Crippen LogP contribution in [0.15, 0.2) is 58.5 Å². The number of carbonyl (C=O) groups excluding carboxylic acids is 1. The molecule has 0 aliphatic carbocycles. The van der Waals surface area contributed by atoms with Gasteiger partial charge in [0.1, 0.15) is 5.75 Å². The van der Waals surface area contributed by atoms with Gasteiger partial charge in [-0.15, -0.1) is 13.2 Å². The third-order valence-electron chi connectivity index (χ3n) is 3.83. The van der Waals surface area contributed by atoms with Gasteiger partial charge in [0.2, 0.25) is 5.91 Å². The molecular formula is C20H18F3N3O3S. The number of fused-ring (bicyclic) bond motifs is 1.